The summed E-state index contributed by atoms with van der Waals surface area (Å²) in [6.45, 7) is 1.08. The van der Waals surface area contributed by atoms with Crippen LogP contribution in [0.2, 0.25) is 0 Å². The van der Waals surface area contributed by atoms with Crippen molar-refractivity contribution in [2.45, 2.75) is 12.8 Å². The normalized spacial score (nSPS) is 21.2. The van der Waals surface area contributed by atoms with Crippen LogP contribution in [0.15, 0.2) is 46.8 Å². The number of carbonyl (C=O) groups excluding carboxylic acids is 2. The standard InChI is InChI=1S/C18H21N5O3/c1-22-9-6-14(21-22)16-15(17(25)20-18(16)26)13-5-2-3-7-19-12-23(11-13)8-4-10-24/h2-3,6-7,9,11,24H,4-5,8,10,12H2,1H3,(H,20,25,26)/b3-2-,13-11+,19-7?. The number of nitrogens with zero attached hydrogens (tertiary/aromatic N) is 4. The van der Waals surface area contributed by atoms with Gasteiger partial charge in [-0.15, -0.1) is 0 Å². The molecule has 1 aromatic heterocycles. The summed E-state index contributed by atoms with van der Waals surface area (Å²) in [5.74, 6) is -0.857. The first kappa shape index (κ1) is 17.8. The molecular formula is C18H21N5O3. The second-order valence-electron chi connectivity index (χ2n) is 6.06. The van der Waals surface area contributed by atoms with Crippen molar-refractivity contribution >= 4 is 23.6 Å². The highest BCUT2D eigenvalue weighted by molar-refractivity contribution is 6.37. The molecule has 0 atom stereocenters. The van der Waals surface area contributed by atoms with Gasteiger partial charge in [-0.25, -0.2) is 0 Å². The fraction of sp³-hybridized carbons (Fsp3) is 0.333. The summed E-state index contributed by atoms with van der Waals surface area (Å²) in [7, 11) is 1.76. The summed E-state index contributed by atoms with van der Waals surface area (Å²) >= 11 is 0. The van der Waals surface area contributed by atoms with Crippen LogP contribution in [0.1, 0.15) is 18.5 Å². The Hall–Kier alpha value is -3.00. The summed E-state index contributed by atoms with van der Waals surface area (Å²) in [5.41, 5.74) is 1.81. The van der Waals surface area contributed by atoms with Gasteiger partial charge >= 0.3 is 0 Å². The first-order valence-electron chi connectivity index (χ1n) is 8.41. The molecule has 26 heavy (non-hydrogen) atoms. The van der Waals surface area contributed by atoms with Gasteiger partial charge in [0, 0.05) is 38.8 Å². The molecule has 2 amide bonds. The number of aliphatic hydroxyl groups is 1. The molecular weight excluding hydrogens is 334 g/mol. The third-order valence-electron chi connectivity index (χ3n) is 4.09. The highest BCUT2D eigenvalue weighted by Gasteiger charge is 2.34. The third kappa shape index (κ3) is 3.80. The molecule has 136 valence electrons. The lowest BCUT2D eigenvalue weighted by molar-refractivity contribution is -0.123. The predicted molar refractivity (Wildman–Crippen MR) is 96.9 cm³/mol. The molecule has 0 radical (unpaired) electrons. The number of rotatable bonds is 5. The molecule has 2 N–H and O–H groups in total. The van der Waals surface area contributed by atoms with Crippen LogP contribution in [-0.4, -0.2) is 57.6 Å². The molecule has 0 aliphatic carbocycles. The van der Waals surface area contributed by atoms with E-state index in [0.717, 1.165) is 0 Å². The maximum atomic E-state index is 12.5. The fourth-order valence-electron chi connectivity index (χ4n) is 2.91. The third-order valence-corrected chi connectivity index (χ3v) is 4.09. The molecule has 0 bridgehead atoms. The predicted octanol–water partition coefficient (Wildman–Crippen LogP) is 0.387. The minimum Gasteiger partial charge on any atom is -0.396 e. The first-order valence-corrected chi connectivity index (χ1v) is 8.41. The molecule has 0 unspecified atom stereocenters. The average molecular weight is 355 g/mol. The van der Waals surface area contributed by atoms with Crippen LogP contribution in [0.3, 0.4) is 0 Å². The summed E-state index contributed by atoms with van der Waals surface area (Å²) in [4.78, 5) is 31.1. The van der Waals surface area contributed by atoms with E-state index in [9.17, 15) is 9.59 Å². The van der Waals surface area contributed by atoms with Crippen molar-refractivity contribution in [3.05, 3.63) is 47.5 Å². The summed E-state index contributed by atoms with van der Waals surface area (Å²) in [6, 6.07) is 1.71. The Bertz CT molecular complexity index is 832. The number of hydrogen-bond donors (Lipinski definition) is 2. The molecule has 3 rings (SSSR count). The van der Waals surface area contributed by atoms with Crippen molar-refractivity contribution in [1.29, 1.82) is 0 Å². The quantitative estimate of drug-likeness (QED) is 0.744. The number of allylic oxidation sites excluding steroid dienone is 2. The molecule has 0 aromatic carbocycles. The van der Waals surface area contributed by atoms with Crippen LogP contribution in [-0.2, 0) is 16.6 Å². The smallest absolute Gasteiger partial charge is 0.261 e. The van der Waals surface area contributed by atoms with Gasteiger partial charge in [-0.1, -0.05) is 6.08 Å². The summed E-state index contributed by atoms with van der Waals surface area (Å²) < 4.78 is 1.59. The Kier molecular flexibility index (Phi) is 5.43. The van der Waals surface area contributed by atoms with Gasteiger partial charge in [0.1, 0.15) is 6.67 Å². The molecule has 8 nitrogen and oxygen atoms in total. The zero-order valence-corrected chi connectivity index (χ0v) is 14.6. The summed E-state index contributed by atoms with van der Waals surface area (Å²) in [5, 5.41) is 15.8. The van der Waals surface area contributed by atoms with Crippen LogP contribution in [0.5, 0.6) is 0 Å². The lowest BCUT2D eigenvalue weighted by atomic mass is 9.97. The van der Waals surface area contributed by atoms with E-state index in [1.54, 1.807) is 30.2 Å². The largest absolute Gasteiger partial charge is 0.396 e. The highest BCUT2D eigenvalue weighted by atomic mass is 16.3. The van der Waals surface area contributed by atoms with Gasteiger partial charge < -0.3 is 10.0 Å². The molecule has 1 aromatic rings. The van der Waals surface area contributed by atoms with Gasteiger partial charge in [-0.05, 0) is 30.6 Å². The van der Waals surface area contributed by atoms with Gasteiger partial charge in [0.15, 0.2) is 0 Å². The first-order chi connectivity index (χ1) is 12.6. The van der Waals surface area contributed by atoms with E-state index in [2.05, 4.69) is 15.4 Å². The number of imide groups is 1. The minimum atomic E-state index is -0.438. The van der Waals surface area contributed by atoms with Gasteiger partial charge in [-0.2, -0.15) is 5.10 Å². The number of aliphatic imine (C=N–C) groups is 1. The van der Waals surface area contributed by atoms with E-state index in [1.807, 2.05) is 23.3 Å². The molecule has 2 aliphatic rings. The fourth-order valence-corrected chi connectivity index (χ4v) is 2.91. The van der Waals surface area contributed by atoms with Crippen LogP contribution >= 0.6 is 0 Å². The lowest BCUT2D eigenvalue weighted by Crippen LogP contribution is -2.24. The highest BCUT2D eigenvalue weighted by Crippen LogP contribution is 2.30. The molecule has 0 fully saturated rings. The Morgan fingerprint density at radius 1 is 1.27 bits per heavy atom. The van der Waals surface area contributed by atoms with Gasteiger partial charge in [0.2, 0.25) is 0 Å². The Labute approximate surface area is 151 Å². The number of carbonyl (C=O) groups is 2. The number of aliphatic hydroxyl groups excluding tert-OH is 1. The molecule has 0 spiro atoms. The van der Waals surface area contributed by atoms with Crippen molar-refractivity contribution in [2.24, 2.45) is 12.0 Å². The molecule has 2 aliphatic heterocycles. The van der Waals surface area contributed by atoms with E-state index >= 15 is 0 Å². The SMILES string of the molecule is Cn1ccc(C2=C(/C3=C/N(CCCO)CN=C/C=C\C3)C(=O)NC2=O)n1. The topological polar surface area (TPSA) is 99.8 Å². The van der Waals surface area contributed by atoms with E-state index < -0.39 is 11.8 Å². The number of aromatic nitrogens is 2. The minimum absolute atomic E-state index is 0.0719. The zero-order chi connectivity index (χ0) is 18.5. The number of amides is 2. The van der Waals surface area contributed by atoms with E-state index in [0.29, 0.717) is 42.9 Å². The zero-order valence-electron chi connectivity index (χ0n) is 14.6. The maximum Gasteiger partial charge on any atom is 0.261 e. The van der Waals surface area contributed by atoms with Crippen molar-refractivity contribution in [1.82, 2.24) is 20.0 Å². The second-order valence-corrected chi connectivity index (χ2v) is 6.06. The second kappa shape index (κ2) is 7.92. The molecule has 8 heteroatoms. The van der Waals surface area contributed by atoms with E-state index in [4.69, 9.17) is 5.11 Å². The van der Waals surface area contributed by atoms with Crippen molar-refractivity contribution in [3.63, 3.8) is 0 Å². The Morgan fingerprint density at radius 2 is 2.08 bits per heavy atom. The summed E-state index contributed by atoms with van der Waals surface area (Å²) in [6.07, 6.45) is 10.1. The molecule has 0 saturated carbocycles. The lowest BCUT2D eigenvalue weighted by Gasteiger charge is -2.19. The molecule has 3 heterocycles. The number of aryl methyl sites for hydroxylation is 1. The van der Waals surface area contributed by atoms with Gasteiger partial charge in [0.05, 0.1) is 16.8 Å². The number of hydrogen-bond acceptors (Lipinski definition) is 6. The Morgan fingerprint density at radius 3 is 2.81 bits per heavy atom. The van der Waals surface area contributed by atoms with Gasteiger partial charge in [0.25, 0.3) is 11.8 Å². The van der Waals surface area contributed by atoms with Crippen molar-refractivity contribution in [3.8, 4) is 0 Å². The van der Waals surface area contributed by atoms with Crippen LogP contribution in [0.25, 0.3) is 5.57 Å². The van der Waals surface area contributed by atoms with Crippen molar-refractivity contribution < 1.29 is 14.7 Å². The van der Waals surface area contributed by atoms with E-state index in [1.165, 1.54) is 0 Å². The Balaban J connectivity index is 2.06. The van der Waals surface area contributed by atoms with Gasteiger partial charge in [-0.3, -0.25) is 24.6 Å². The maximum absolute atomic E-state index is 12.5. The average Bonchev–Trinajstić information content (AvgIpc) is 3.18. The monoisotopic (exact) mass is 355 g/mol. The van der Waals surface area contributed by atoms with Crippen LogP contribution in [0, 0.1) is 0 Å². The van der Waals surface area contributed by atoms with Crippen molar-refractivity contribution in [2.75, 3.05) is 19.8 Å². The van der Waals surface area contributed by atoms with Crippen LogP contribution in [0.4, 0.5) is 0 Å². The van der Waals surface area contributed by atoms with Crippen LogP contribution < -0.4 is 5.32 Å². The van der Waals surface area contributed by atoms with E-state index in [-0.39, 0.29) is 12.2 Å². The molecule has 0 saturated heterocycles. The number of nitrogens with one attached hydrogen (secondary N) is 1.